The highest BCUT2D eigenvalue weighted by Gasteiger charge is 2.16. The van der Waals surface area contributed by atoms with Crippen molar-refractivity contribution in [1.29, 1.82) is 0 Å². The predicted molar refractivity (Wildman–Crippen MR) is 259 cm³/mol. The van der Waals surface area contributed by atoms with Gasteiger partial charge < -0.3 is 4.90 Å². The third-order valence-corrected chi connectivity index (χ3v) is 12.8. The van der Waals surface area contributed by atoms with Gasteiger partial charge in [-0.2, -0.15) is 0 Å². The smallest absolute Gasteiger partial charge is 0.0476 e. The Morgan fingerprint density at radius 3 is 1.43 bits per heavy atom. The predicted octanol–water partition coefficient (Wildman–Crippen LogP) is 17.0. The lowest BCUT2D eigenvalue weighted by atomic mass is 9.94. The Bertz CT molecular complexity index is 3290. The molecule has 1 heterocycles. The van der Waals surface area contributed by atoms with Crippen LogP contribution in [0.1, 0.15) is 0 Å². The fourth-order valence-electron chi connectivity index (χ4n) is 8.60. The molecule has 1 nitrogen and oxygen atoms in total. The van der Waals surface area contributed by atoms with Crippen molar-refractivity contribution >= 4 is 59.3 Å². The van der Waals surface area contributed by atoms with Crippen LogP contribution in [0.5, 0.6) is 0 Å². The first-order valence-corrected chi connectivity index (χ1v) is 21.3. The number of nitrogens with zero attached hydrogens (tertiary/aromatic N) is 1. The lowest BCUT2D eigenvalue weighted by Gasteiger charge is -2.26. The Morgan fingerprint density at radius 1 is 0.250 bits per heavy atom. The van der Waals surface area contributed by atoms with E-state index in [1.165, 1.54) is 86.6 Å². The van der Waals surface area contributed by atoms with E-state index in [4.69, 9.17) is 0 Å². The normalized spacial score (nSPS) is 11.3. The quantitative estimate of drug-likeness (QED) is 0.148. The van der Waals surface area contributed by atoms with E-state index in [9.17, 15) is 0 Å². The summed E-state index contributed by atoms with van der Waals surface area (Å²) in [6, 6.07) is 86.1. The van der Waals surface area contributed by atoms with E-state index >= 15 is 0 Å². The number of fused-ring (bicyclic) bond motifs is 4. The lowest BCUT2D eigenvalue weighted by Crippen LogP contribution is -2.09. The van der Waals surface area contributed by atoms with Crippen LogP contribution in [0.2, 0.25) is 0 Å². The van der Waals surface area contributed by atoms with Gasteiger partial charge in [0.25, 0.3) is 0 Å². The van der Waals surface area contributed by atoms with Crippen molar-refractivity contribution in [2.75, 3.05) is 4.90 Å². The Morgan fingerprint density at radius 2 is 0.717 bits per heavy atom. The first-order valence-electron chi connectivity index (χ1n) is 20.5. The second-order valence-electron chi connectivity index (χ2n) is 15.3. The number of benzene rings is 10. The van der Waals surface area contributed by atoms with Crippen molar-refractivity contribution in [2.24, 2.45) is 0 Å². The van der Waals surface area contributed by atoms with Gasteiger partial charge >= 0.3 is 0 Å². The van der Waals surface area contributed by atoms with Crippen molar-refractivity contribution in [1.82, 2.24) is 0 Å². The molecule has 11 aromatic rings. The lowest BCUT2D eigenvalue weighted by molar-refractivity contribution is 1.29. The number of hydrogen-bond donors (Lipinski definition) is 0. The molecule has 0 saturated carbocycles. The summed E-state index contributed by atoms with van der Waals surface area (Å²) in [5, 5.41) is 5.13. The second kappa shape index (κ2) is 15.3. The highest BCUT2D eigenvalue weighted by Crippen LogP contribution is 2.42. The molecule has 10 aromatic carbocycles. The molecule has 0 saturated heterocycles. The van der Waals surface area contributed by atoms with Crippen LogP contribution in [0.25, 0.3) is 86.6 Å². The zero-order valence-corrected chi connectivity index (χ0v) is 33.7. The van der Waals surface area contributed by atoms with Crippen molar-refractivity contribution in [2.45, 2.75) is 0 Å². The van der Waals surface area contributed by atoms with Crippen LogP contribution in [-0.4, -0.2) is 0 Å². The average Bonchev–Trinajstić information content (AvgIpc) is 3.70. The van der Waals surface area contributed by atoms with Crippen molar-refractivity contribution < 1.29 is 0 Å². The molecular weight excluding hydrogens is 743 g/mol. The molecule has 0 unspecified atom stereocenters. The summed E-state index contributed by atoms with van der Waals surface area (Å²) in [5.74, 6) is 0. The summed E-state index contributed by atoms with van der Waals surface area (Å²) in [6.07, 6.45) is 0. The molecule has 11 rings (SSSR count). The van der Waals surface area contributed by atoms with Crippen LogP contribution in [0.15, 0.2) is 237 Å². The van der Waals surface area contributed by atoms with E-state index in [1.807, 2.05) is 11.3 Å². The van der Waals surface area contributed by atoms with E-state index in [2.05, 4.69) is 241 Å². The molecule has 0 aliphatic rings. The second-order valence-corrected chi connectivity index (χ2v) is 16.4. The Labute approximate surface area is 354 Å². The van der Waals surface area contributed by atoms with Crippen LogP contribution in [0.3, 0.4) is 0 Å². The SMILES string of the molecule is c1ccc(-c2ccccc2-c2ccc(N(c3ccc(-c4ccc(-c5cccc(-c6ccc7ccccc7c6)c5)cc4)cc3)c3ccc4c(c3)sc3ccccc34)cc2)cc1. The number of anilines is 3. The summed E-state index contributed by atoms with van der Waals surface area (Å²) in [5.41, 5.74) is 15.5. The van der Waals surface area contributed by atoms with Crippen molar-refractivity contribution in [3.05, 3.63) is 237 Å². The van der Waals surface area contributed by atoms with Crippen LogP contribution in [0.4, 0.5) is 17.1 Å². The third kappa shape index (κ3) is 6.73. The van der Waals surface area contributed by atoms with Gasteiger partial charge in [-0.15, -0.1) is 11.3 Å². The highest BCUT2D eigenvalue weighted by molar-refractivity contribution is 7.25. The van der Waals surface area contributed by atoms with Gasteiger partial charge in [0.1, 0.15) is 0 Å². The van der Waals surface area contributed by atoms with Gasteiger partial charge in [-0.3, -0.25) is 0 Å². The van der Waals surface area contributed by atoms with E-state index in [0.717, 1.165) is 17.1 Å². The zero-order valence-electron chi connectivity index (χ0n) is 32.9. The van der Waals surface area contributed by atoms with Gasteiger partial charge in [0.2, 0.25) is 0 Å². The van der Waals surface area contributed by atoms with Crippen LogP contribution < -0.4 is 4.90 Å². The summed E-state index contributed by atoms with van der Waals surface area (Å²) >= 11 is 1.86. The summed E-state index contributed by atoms with van der Waals surface area (Å²) in [7, 11) is 0. The molecule has 0 amide bonds. The van der Waals surface area contributed by atoms with Gasteiger partial charge in [-0.05, 0) is 121 Å². The Kier molecular flexibility index (Phi) is 9.11. The molecule has 0 bridgehead atoms. The molecule has 2 heteroatoms. The maximum atomic E-state index is 2.38. The van der Waals surface area contributed by atoms with Crippen LogP contribution in [-0.2, 0) is 0 Å². The monoisotopic (exact) mass is 781 g/mol. The zero-order chi connectivity index (χ0) is 39.8. The van der Waals surface area contributed by atoms with E-state index in [0.29, 0.717) is 0 Å². The summed E-state index contributed by atoms with van der Waals surface area (Å²) < 4.78 is 2.59. The van der Waals surface area contributed by atoms with Gasteiger partial charge in [0.15, 0.2) is 0 Å². The van der Waals surface area contributed by atoms with Crippen molar-refractivity contribution in [3.8, 4) is 55.6 Å². The first-order chi connectivity index (χ1) is 29.7. The molecule has 1 aromatic heterocycles. The minimum atomic E-state index is 1.11. The van der Waals surface area contributed by atoms with Gasteiger partial charge in [-0.25, -0.2) is 0 Å². The molecule has 60 heavy (non-hydrogen) atoms. The molecule has 282 valence electrons. The third-order valence-electron chi connectivity index (χ3n) is 11.7. The molecule has 0 aliphatic carbocycles. The number of hydrogen-bond acceptors (Lipinski definition) is 2. The molecule has 0 atom stereocenters. The van der Waals surface area contributed by atoms with E-state index in [1.54, 1.807) is 0 Å². The van der Waals surface area contributed by atoms with Crippen LogP contribution in [0, 0.1) is 0 Å². The number of thiophene rings is 1. The average molecular weight is 782 g/mol. The van der Waals surface area contributed by atoms with E-state index < -0.39 is 0 Å². The minimum Gasteiger partial charge on any atom is -0.310 e. The summed E-state index contributed by atoms with van der Waals surface area (Å²) in [4.78, 5) is 2.38. The fourth-order valence-corrected chi connectivity index (χ4v) is 9.74. The Balaban J connectivity index is 0.918. The molecular formula is C58H39NS. The molecule has 0 aliphatic heterocycles. The summed E-state index contributed by atoms with van der Waals surface area (Å²) in [6.45, 7) is 0. The molecule has 0 spiro atoms. The maximum Gasteiger partial charge on any atom is 0.0476 e. The topological polar surface area (TPSA) is 3.24 Å². The van der Waals surface area contributed by atoms with Crippen molar-refractivity contribution in [3.63, 3.8) is 0 Å². The van der Waals surface area contributed by atoms with Gasteiger partial charge in [-0.1, -0.05) is 182 Å². The van der Waals surface area contributed by atoms with Gasteiger partial charge in [0, 0.05) is 37.2 Å². The molecule has 0 radical (unpaired) electrons. The van der Waals surface area contributed by atoms with Gasteiger partial charge in [0.05, 0.1) is 0 Å². The van der Waals surface area contributed by atoms with E-state index in [-0.39, 0.29) is 0 Å². The fraction of sp³-hybridized carbons (Fsp3) is 0. The maximum absolute atomic E-state index is 2.38. The number of rotatable bonds is 8. The standard InChI is InChI=1S/C58H39NS/c1-2-12-44(13-3-1)53-17-6-7-18-54(53)45-29-33-51(34-30-45)59(52-35-36-56-55-19-8-9-20-57(55)60-58(56)39-52)50-31-27-42(28-32-50)41-21-23-43(24-22-41)47-15-10-16-48(37-47)49-26-25-40-11-4-5-14-46(40)38-49/h1-39H. The minimum absolute atomic E-state index is 1.11. The Hall–Kier alpha value is -7.52. The molecule has 0 N–H and O–H groups in total. The molecule has 0 fully saturated rings. The largest absolute Gasteiger partial charge is 0.310 e. The highest BCUT2D eigenvalue weighted by atomic mass is 32.1. The van der Waals surface area contributed by atoms with Crippen LogP contribution >= 0.6 is 11.3 Å². The first kappa shape index (κ1) is 35.6.